The maximum atomic E-state index is 13.3. The molecule has 10 rings (SSSR count). The Hall–Kier alpha value is -4.61. The molecule has 59 heteroatoms. The molecule has 0 spiro atoms. The zero-order valence-corrected chi connectivity index (χ0v) is 69.0. The van der Waals surface area contributed by atoms with Crippen molar-refractivity contribution in [2.45, 2.75) is 340 Å². The number of carboxylic acids is 1. The summed E-state index contributed by atoms with van der Waals surface area (Å²) in [5.74, 6) is -9.99. The fourth-order valence-electron chi connectivity index (χ4n) is 16.7. The molecule has 4 amide bonds. The Bertz CT molecular complexity index is 3570. The number of carbonyl (C=O) groups is 5. The molecule has 0 saturated carbocycles. The molecule has 0 unspecified atom stereocenters. The third-order valence-corrected chi connectivity index (χ3v) is 23.5. The van der Waals surface area contributed by atoms with Crippen LogP contribution in [0.2, 0.25) is 0 Å². The molecule has 0 aromatic heterocycles. The molecule has 0 radical (unpaired) electrons. The van der Waals surface area contributed by atoms with Crippen LogP contribution < -0.4 is 21.3 Å². The van der Waals surface area contributed by atoms with Crippen molar-refractivity contribution < 1.29 is 272 Å². The first kappa shape index (κ1) is 107. The van der Waals surface area contributed by atoms with Gasteiger partial charge in [0.2, 0.25) is 23.6 Å². The number of carboxylic acid groups (broad SMARTS) is 1. The van der Waals surface area contributed by atoms with Crippen molar-refractivity contribution in [2.75, 3.05) is 72.7 Å². The van der Waals surface area contributed by atoms with Crippen molar-refractivity contribution in [1.82, 2.24) is 21.3 Å². The molecule has 10 heterocycles. The number of carbonyl (C=O) groups excluding carboxylic acids is 4. The van der Waals surface area contributed by atoms with Crippen LogP contribution in [0.15, 0.2) is 0 Å². The molecule has 752 valence electrons. The van der Waals surface area contributed by atoms with Crippen molar-refractivity contribution in [2.24, 2.45) is 0 Å². The van der Waals surface area contributed by atoms with Gasteiger partial charge in [-0.15, -0.1) is 0 Å². The summed E-state index contributed by atoms with van der Waals surface area (Å²) in [6.07, 6.45) is -102. The molecular weight excluding hydrogens is 1790 g/mol. The zero-order chi connectivity index (χ0) is 96.0. The molecule has 59 nitrogen and oxygen atoms in total. The summed E-state index contributed by atoms with van der Waals surface area (Å²) in [6, 6.07) is -8.14. The Kier molecular flexibility index (Phi) is 38.6. The largest absolute Gasteiger partial charge is 0.477 e. The Morgan fingerprint density at radius 3 is 1.02 bits per heavy atom. The summed E-state index contributed by atoms with van der Waals surface area (Å²) in [7, 11) is 0. The normalized spacial score (nSPS) is 47.9. The van der Waals surface area contributed by atoms with Gasteiger partial charge in [0.25, 0.3) is 5.79 Å². The molecule has 0 aromatic carbocycles. The van der Waals surface area contributed by atoms with Gasteiger partial charge in [-0.05, 0) is 0 Å². The van der Waals surface area contributed by atoms with E-state index >= 15 is 0 Å². The number of hydrogen-bond acceptors (Lipinski definition) is 54. The molecule has 0 aromatic rings. The molecule has 35 N–H and O–H groups in total. The highest BCUT2D eigenvalue weighted by Crippen LogP contribution is 2.43. The van der Waals surface area contributed by atoms with Crippen molar-refractivity contribution in [3.63, 3.8) is 0 Å². The zero-order valence-electron chi connectivity index (χ0n) is 69.0. The topological polar surface area (TPSA) is 936 Å². The summed E-state index contributed by atoms with van der Waals surface area (Å²) >= 11 is 0. The third-order valence-electron chi connectivity index (χ3n) is 23.5. The van der Waals surface area contributed by atoms with E-state index in [9.17, 15) is 182 Å². The molecule has 10 aliphatic heterocycles. The molecule has 0 aliphatic carbocycles. The predicted molar refractivity (Wildman–Crippen MR) is 395 cm³/mol. The number of rotatable bonds is 36. The van der Waals surface area contributed by atoms with E-state index in [0.29, 0.717) is 0 Å². The van der Waals surface area contributed by atoms with Gasteiger partial charge in [-0.2, -0.15) is 0 Å². The first-order valence-electron chi connectivity index (χ1n) is 41.0. The van der Waals surface area contributed by atoms with Gasteiger partial charge in [0.05, 0.1) is 78.2 Å². The van der Waals surface area contributed by atoms with E-state index in [0.717, 1.165) is 20.8 Å². The predicted octanol–water partition coefficient (Wildman–Crippen LogP) is -24.1. The van der Waals surface area contributed by atoms with E-state index < -0.39 is 421 Å². The summed E-state index contributed by atoms with van der Waals surface area (Å²) in [5.41, 5.74) is 0. The van der Waals surface area contributed by atoms with Crippen molar-refractivity contribution in [1.29, 1.82) is 0 Å². The van der Waals surface area contributed by atoms with E-state index in [-0.39, 0.29) is 0 Å². The van der Waals surface area contributed by atoms with Gasteiger partial charge >= 0.3 is 5.97 Å². The van der Waals surface area contributed by atoms with Crippen LogP contribution in [0.1, 0.15) is 27.2 Å². The van der Waals surface area contributed by atoms with Gasteiger partial charge in [-0.25, -0.2) is 4.79 Å². The van der Waals surface area contributed by atoms with Crippen LogP contribution in [0, 0.1) is 0 Å². The van der Waals surface area contributed by atoms with Crippen LogP contribution >= 0.6 is 0 Å². The maximum absolute atomic E-state index is 13.3. The van der Waals surface area contributed by atoms with Crippen molar-refractivity contribution >= 4 is 29.6 Å². The van der Waals surface area contributed by atoms with E-state index in [2.05, 4.69) is 21.3 Å². The highest BCUT2D eigenvalue weighted by molar-refractivity contribution is 5.78. The van der Waals surface area contributed by atoms with Crippen LogP contribution in [0.25, 0.3) is 0 Å². The summed E-state index contributed by atoms with van der Waals surface area (Å²) in [4.78, 5) is 65.4. The lowest BCUT2D eigenvalue weighted by molar-refractivity contribution is -0.393. The molecule has 0 bridgehead atoms. The second-order valence-corrected chi connectivity index (χ2v) is 32.4. The van der Waals surface area contributed by atoms with E-state index in [4.69, 9.17) is 90.0 Å². The average Bonchev–Trinajstić information content (AvgIpc) is 0.743. The third kappa shape index (κ3) is 23.3. The number of aliphatic hydroxyl groups is 30. The van der Waals surface area contributed by atoms with Crippen LogP contribution in [0.4, 0.5) is 0 Å². The molecule has 130 heavy (non-hydrogen) atoms. The first-order chi connectivity index (χ1) is 61.5. The van der Waals surface area contributed by atoms with E-state index in [1.807, 2.05) is 0 Å². The van der Waals surface area contributed by atoms with Crippen LogP contribution in [0.3, 0.4) is 0 Å². The summed E-state index contributed by atoms with van der Waals surface area (Å²) < 4.78 is 111. The minimum atomic E-state index is -3.40. The smallest absolute Gasteiger partial charge is 0.364 e. The monoisotopic (exact) mass is 1910 g/mol. The molecule has 51 atom stereocenters. The average molecular weight is 1910 g/mol. The SMILES string of the molecule is CC(=O)N[C@H]1[C@H](OC[C@H]2O[C@@H](O[C@H]3[C@H](O)[C@@H](NC(C)=O)[C@H](O[C@H]4[C@@H](O)[C@@H](CO)O[C@@H](O[C@H]5[C@H](O)[C@@H](O)[C@H](O)O[C@@H]5CO)[C@@H]4O)O[C@@H]3CO)[C@H](O)[C@@H](O[C@@H]3O[C@H](CO)[C@@H](O[C@@H]4O[C@H](CO)[C@H](O)[C@H](O[C@]5(C(=O)O)C[C@H](O)[C@@H](NC(=O)CO)[C@H]([C@H](O)[C@H](O)CO)O5)[C@H]4O)[C@H](O)[C@H]3NC(C)=O)[C@H]2O)O[C@H](CO)[C@@H](O[C@@H]2O[C@H](CO)[C@H](O)[C@H](O[C@H]3O[C@H](CO)[C@H](O)[C@H](O)[C@H]3O)[C@H]2O)[C@@H]1O. The Balaban J connectivity index is 0.952. The summed E-state index contributed by atoms with van der Waals surface area (Å²) in [6.45, 7) is -10.4. The second kappa shape index (κ2) is 46.7. The van der Waals surface area contributed by atoms with Crippen LogP contribution in [-0.2, 0) is 114 Å². The lowest BCUT2D eigenvalue weighted by atomic mass is 9.88. The number of amides is 4. The van der Waals surface area contributed by atoms with Gasteiger partial charge in [0.1, 0.15) is 244 Å². The molecule has 10 saturated heterocycles. The highest BCUT2D eigenvalue weighted by Gasteiger charge is 2.64. The summed E-state index contributed by atoms with van der Waals surface area (Å²) in [5, 5.41) is 352. The Morgan fingerprint density at radius 2 is 0.646 bits per heavy atom. The number of nitrogens with one attached hydrogen (secondary N) is 4. The van der Waals surface area contributed by atoms with Gasteiger partial charge in [-0.3, -0.25) is 19.2 Å². The fraction of sp³-hybridized carbons (Fsp3) is 0.930. The molecular formula is C71H118N4O55. The molecule has 10 fully saturated rings. The maximum Gasteiger partial charge on any atom is 0.364 e. The minimum Gasteiger partial charge on any atom is -0.477 e. The van der Waals surface area contributed by atoms with Crippen molar-refractivity contribution in [3.05, 3.63) is 0 Å². The quantitative estimate of drug-likeness (QED) is 0.0277. The Labute approximate surface area is 733 Å². The van der Waals surface area contributed by atoms with Crippen LogP contribution in [-0.4, -0.2) is 573 Å². The fourth-order valence-corrected chi connectivity index (χ4v) is 16.7. The van der Waals surface area contributed by atoms with Gasteiger partial charge < -0.3 is 270 Å². The van der Waals surface area contributed by atoms with Gasteiger partial charge in [0, 0.05) is 27.2 Å². The number of hydrogen-bond donors (Lipinski definition) is 35. The van der Waals surface area contributed by atoms with E-state index in [1.54, 1.807) is 0 Å². The minimum absolute atomic E-state index is 0.841. The van der Waals surface area contributed by atoms with Crippen molar-refractivity contribution in [3.8, 4) is 0 Å². The Morgan fingerprint density at radius 1 is 0.331 bits per heavy atom. The van der Waals surface area contributed by atoms with Gasteiger partial charge in [-0.1, -0.05) is 0 Å². The second-order valence-electron chi connectivity index (χ2n) is 32.4. The van der Waals surface area contributed by atoms with Crippen LogP contribution in [0.5, 0.6) is 0 Å². The standard InChI is InChI=1S/C71H118N4O55/c1-16(86)72-32-41(98)52(122-66-49(106)58(38(95)23(8-79)115-66)128-65-47(104)44(101)36(93)21(6-77)114-65)26(11-82)118-62(32)112-15-29-40(97)59(50(107)68(121-29)123-53-27(12-83)119-63(33(42(53)99)73-17(2)87)126-57-37(94)22(7-78)116-67(48(57)105)125-55-25(10-81)113-61(109)46(103)45(55)102)127-64-34(74-18(3)88)43(100)54(28(13-84)120-64)124-69-51(108)60(39(96)24(9-80)117-69)130-71(70(110)111)4-19(89)31(75-30(91)14-85)56(129-71)35(92)20(90)5-76/h19-29,31-69,76-85,89-90,92-109H,4-15H2,1-3H3,(H,72,86)(H,73,87)(H,74,88)(H,75,91)(H,110,111)/t19-,20+,21+,22+,23+,24+,25+,26+,27+,28+,29+,31+,32+,33+,34+,35+,36-,37-,38-,39-,40-,41+,42+,43+,44-,45+,46+,47+,48+,49+,50+,51+,52+,53+,54+,55+,56+,57-,58-,59-,60-,61+,62+,63-,64-,65+,66-,67-,68-,69-,71-/m0/s1. The number of ether oxygens (including phenoxy) is 19. The van der Waals surface area contributed by atoms with Gasteiger partial charge in [0.15, 0.2) is 56.6 Å². The highest BCUT2D eigenvalue weighted by atomic mass is 16.8. The number of aliphatic carboxylic acids is 1. The number of aliphatic hydroxyl groups excluding tert-OH is 30. The lowest BCUT2D eigenvalue weighted by Crippen LogP contribution is -2.71. The van der Waals surface area contributed by atoms with E-state index in [1.165, 1.54) is 0 Å². The molecule has 10 aliphatic rings. The lowest BCUT2D eigenvalue weighted by Gasteiger charge is -2.51. The first-order valence-corrected chi connectivity index (χ1v) is 41.0.